The van der Waals surface area contributed by atoms with E-state index in [1.807, 2.05) is 69.4 Å². The summed E-state index contributed by atoms with van der Waals surface area (Å²) in [6, 6.07) is 25.7. The van der Waals surface area contributed by atoms with E-state index >= 15 is 0 Å². The van der Waals surface area contributed by atoms with Gasteiger partial charge < -0.3 is 10.1 Å². The van der Waals surface area contributed by atoms with Crippen LogP contribution in [0.2, 0.25) is 0 Å². The lowest BCUT2D eigenvalue weighted by Gasteiger charge is -2.21. The van der Waals surface area contributed by atoms with E-state index in [-0.39, 0.29) is 32.0 Å². The highest BCUT2D eigenvalue weighted by Gasteiger charge is 2.23. The molecular formula is C28H33N5O2. The molecule has 7 heteroatoms. The lowest BCUT2D eigenvalue weighted by molar-refractivity contribution is -0.148. The van der Waals surface area contributed by atoms with Gasteiger partial charge in [0.2, 0.25) is 0 Å². The number of rotatable bonds is 9. The Balaban J connectivity index is 0.00000342. The summed E-state index contributed by atoms with van der Waals surface area (Å²) in [6.07, 6.45) is 0. The molecule has 0 aliphatic rings. The van der Waals surface area contributed by atoms with E-state index in [1.165, 1.54) is 0 Å². The van der Waals surface area contributed by atoms with Gasteiger partial charge in [-0.25, -0.2) is 4.68 Å². The van der Waals surface area contributed by atoms with Crippen LogP contribution in [0.5, 0.6) is 0 Å². The van der Waals surface area contributed by atoms with Crippen LogP contribution in [-0.2, 0) is 29.7 Å². The monoisotopic (exact) mass is 471 g/mol. The maximum atomic E-state index is 12.7. The largest absolute Gasteiger partial charge is 0.460 e. The van der Waals surface area contributed by atoms with Gasteiger partial charge in [-0.15, -0.1) is 5.10 Å². The van der Waals surface area contributed by atoms with Crippen LogP contribution in [0.4, 0.5) is 0 Å². The molecule has 0 spiro atoms. The molecule has 4 aromatic rings. The predicted molar refractivity (Wildman–Crippen MR) is 138 cm³/mol. The number of aryl methyl sites for hydroxylation is 1. The molecule has 0 radical (unpaired) electrons. The van der Waals surface area contributed by atoms with Crippen molar-refractivity contribution in [3.63, 3.8) is 0 Å². The first kappa shape index (κ1) is 25.8. The second-order valence-corrected chi connectivity index (χ2v) is 8.56. The van der Waals surface area contributed by atoms with Crippen molar-refractivity contribution in [2.24, 2.45) is 13.0 Å². The average Bonchev–Trinajstić information content (AvgIpc) is 3.29. The number of nitrogens with one attached hydrogen (secondary N) is 1. The minimum atomic E-state index is -0.382. The van der Waals surface area contributed by atoms with Crippen LogP contribution in [0.25, 0.3) is 22.5 Å². The maximum absolute atomic E-state index is 12.7. The highest BCUT2D eigenvalue weighted by molar-refractivity contribution is 5.80. The molecular weight excluding hydrogens is 438 g/mol. The van der Waals surface area contributed by atoms with E-state index in [1.54, 1.807) is 4.68 Å². The minimum Gasteiger partial charge on any atom is -0.460 e. The molecule has 0 saturated carbocycles. The summed E-state index contributed by atoms with van der Waals surface area (Å²) >= 11 is 0. The van der Waals surface area contributed by atoms with Crippen molar-refractivity contribution >= 4 is 5.97 Å². The fraction of sp³-hybridized carbons (Fsp3) is 0.286. The molecule has 3 aromatic carbocycles. The highest BCUT2D eigenvalue weighted by Crippen LogP contribution is 2.30. The fourth-order valence-electron chi connectivity index (χ4n) is 3.83. The van der Waals surface area contributed by atoms with Crippen molar-refractivity contribution < 1.29 is 9.53 Å². The third kappa shape index (κ3) is 6.39. The maximum Gasteiger partial charge on any atom is 0.323 e. The third-order valence-corrected chi connectivity index (χ3v) is 5.72. The summed E-state index contributed by atoms with van der Waals surface area (Å²) in [7, 11) is 1.83. The predicted octanol–water partition coefficient (Wildman–Crippen LogP) is 5.04. The molecule has 0 saturated heterocycles. The number of nitrogens with zero attached hydrogens (tertiary/aromatic N) is 4. The van der Waals surface area contributed by atoms with Crippen molar-refractivity contribution in [3.8, 4) is 22.5 Å². The highest BCUT2D eigenvalue weighted by atomic mass is 16.5. The number of hydrogen-bond donors (Lipinski definition) is 1. The van der Waals surface area contributed by atoms with Gasteiger partial charge in [0.15, 0.2) is 5.82 Å². The van der Waals surface area contributed by atoms with Gasteiger partial charge in [0.25, 0.3) is 0 Å². The topological polar surface area (TPSA) is 81.9 Å². The van der Waals surface area contributed by atoms with E-state index in [4.69, 9.17) is 4.74 Å². The van der Waals surface area contributed by atoms with Crippen LogP contribution in [0, 0.1) is 5.92 Å². The molecule has 7 nitrogen and oxygen atoms in total. The summed E-state index contributed by atoms with van der Waals surface area (Å²) in [4.78, 5) is 12.7. The van der Waals surface area contributed by atoms with Gasteiger partial charge in [-0.3, -0.25) is 4.79 Å². The quantitative estimate of drug-likeness (QED) is 0.345. The summed E-state index contributed by atoms with van der Waals surface area (Å²) in [5.41, 5.74) is 5.17. The molecule has 0 unspecified atom stereocenters. The lowest BCUT2D eigenvalue weighted by Crippen LogP contribution is -2.41. The Hall–Kier alpha value is -3.84. The lowest BCUT2D eigenvalue weighted by atomic mass is 9.98. The molecule has 0 aliphatic heterocycles. The third-order valence-electron chi connectivity index (χ3n) is 5.72. The molecule has 0 amide bonds. The van der Waals surface area contributed by atoms with Gasteiger partial charge in [-0.2, -0.15) is 0 Å². The van der Waals surface area contributed by atoms with Crippen LogP contribution < -0.4 is 5.32 Å². The summed E-state index contributed by atoms with van der Waals surface area (Å²) in [5.74, 6) is 0.589. The summed E-state index contributed by atoms with van der Waals surface area (Å²) < 4.78 is 7.22. The zero-order chi connectivity index (χ0) is 23.9. The number of hydrogen-bond acceptors (Lipinski definition) is 6. The van der Waals surface area contributed by atoms with E-state index in [2.05, 4.69) is 51.2 Å². The molecule has 35 heavy (non-hydrogen) atoms. The fourth-order valence-corrected chi connectivity index (χ4v) is 3.83. The Morgan fingerprint density at radius 1 is 0.914 bits per heavy atom. The van der Waals surface area contributed by atoms with Crippen LogP contribution >= 0.6 is 0 Å². The van der Waals surface area contributed by atoms with E-state index < -0.39 is 0 Å². The second-order valence-electron chi connectivity index (χ2n) is 8.56. The number of aromatic nitrogens is 4. The van der Waals surface area contributed by atoms with Crippen molar-refractivity contribution in [2.75, 3.05) is 0 Å². The van der Waals surface area contributed by atoms with Crippen molar-refractivity contribution in [1.29, 1.82) is 0 Å². The normalized spacial score (nSPS) is 11.7. The summed E-state index contributed by atoms with van der Waals surface area (Å²) in [5, 5.41) is 15.2. The number of ether oxygens (including phenoxy) is 1. The first-order valence-electron chi connectivity index (χ1n) is 11.4. The van der Waals surface area contributed by atoms with Crippen molar-refractivity contribution in [3.05, 3.63) is 90.0 Å². The van der Waals surface area contributed by atoms with Crippen molar-refractivity contribution in [1.82, 2.24) is 25.5 Å². The van der Waals surface area contributed by atoms with Crippen molar-refractivity contribution in [2.45, 2.75) is 40.5 Å². The zero-order valence-corrected chi connectivity index (χ0v) is 19.7. The molecule has 1 heterocycles. The average molecular weight is 472 g/mol. The SMILES string of the molecule is C.CC(C)[C@H](NCc1ccc(-c2ccccc2-c2nnnn2C)cc1)C(=O)OCc1ccccc1. The van der Waals surface area contributed by atoms with E-state index in [9.17, 15) is 4.79 Å². The molecule has 0 bridgehead atoms. The van der Waals surface area contributed by atoms with Crippen LogP contribution in [0.15, 0.2) is 78.9 Å². The van der Waals surface area contributed by atoms with Crippen LogP contribution in [-0.4, -0.2) is 32.2 Å². The number of carbonyl (C=O) groups is 1. The van der Waals surface area contributed by atoms with E-state index in [0.29, 0.717) is 6.54 Å². The van der Waals surface area contributed by atoms with Crippen LogP contribution in [0.3, 0.4) is 0 Å². The van der Waals surface area contributed by atoms with E-state index in [0.717, 1.165) is 33.6 Å². The van der Waals surface area contributed by atoms with Crippen LogP contribution in [0.1, 0.15) is 32.4 Å². The molecule has 182 valence electrons. The molecule has 4 rings (SSSR count). The van der Waals surface area contributed by atoms with Gasteiger partial charge in [0.05, 0.1) is 0 Å². The summed E-state index contributed by atoms with van der Waals surface area (Å²) in [6.45, 7) is 4.88. The number of carbonyl (C=O) groups excluding carboxylic acids is 1. The minimum absolute atomic E-state index is 0. The first-order chi connectivity index (χ1) is 16.5. The van der Waals surface area contributed by atoms with Gasteiger partial charge in [-0.1, -0.05) is 100 Å². The Bertz CT molecular complexity index is 1220. The smallest absolute Gasteiger partial charge is 0.323 e. The molecule has 1 N–H and O–H groups in total. The zero-order valence-electron chi connectivity index (χ0n) is 19.7. The van der Waals surface area contributed by atoms with Gasteiger partial charge in [0, 0.05) is 19.2 Å². The molecule has 1 aromatic heterocycles. The van der Waals surface area contributed by atoms with Gasteiger partial charge in [-0.05, 0) is 38.6 Å². The van der Waals surface area contributed by atoms with Gasteiger partial charge in [0.1, 0.15) is 12.6 Å². The molecule has 1 atom stereocenters. The number of tetrazole rings is 1. The molecule has 0 aliphatic carbocycles. The first-order valence-corrected chi connectivity index (χ1v) is 11.4. The van der Waals surface area contributed by atoms with Gasteiger partial charge >= 0.3 is 5.97 Å². The Morgan fingerprint density at radius 3 is 2.20 bits per heavy atom. The Morgan fingerprint density at radius 2 is 1.57 bits per heavy atom. The second kappa shape index (κ2) is 12.0. The molecule has 0 fully saturated rings. The Kier molecular flexibility index (Phi) is 8.86. The number of benzene rings is 3. The number of esters is 1. The Labute approximate surface area is 207 Å². The standard InChI is InChI=1S/C27H29N5O2.CH4/c1-19(2)25(27(33)34-18-21-9-5-4-6-10-21)28-17-20-13-15-22(16-14-20)23-11-7-8-12-24(23)26-29-30-31-32(26)3;/h4-16,19,25,28H,17-18H2,1-3H3;1H4/t25-;/m0./s1.